The predicted molar refractivity (Wildman–Crippen MR) is 73.7 cm³/mol. The van der Waals surface area contributed by atoms with Crippen LogP contribution in [0.1, 0.15) is 12.6 Å². The number of imidazole rings is 1. The van der Waals surface area contributed by atoms with Gasteiger partial charge in [-0.15, -0.1) is 0 Å². The molecule has 2 aromatic rings. The number of anilines is 1. The summed E-state index contributed by atoms with van der Waals surface area (Å²) in [4.78, 5) is 18.9. The molecule has 0 saturated heterocycles. The van der Waals surface area contributed by atoms with E-state index in [0.717, 1.165) is 12.1 Å². The zero-order valence-corrected chi connectivity index (χ0v) is 11.3. The Balaban J connectivity index is 1.86. The number of nitrogens with one attached hydrogen (secondary N) is 2. The fourth-order valence-electron chi connectivity index (χ4n) is 1.47. The molecule has 0 unspecified atom stereocenters. The summed E-state index contributed by atoms with van der Waals surface area (Å²) in [5.74, 6) is -0.512. The average Bonchev–Trinajstić information content (AvgIpc) is 2.87. The van der Waals surface area contributed by atoms with E-state index in [1.807, 2.05) is 6.92 Å². The first-order valence-electron chi connectivity index (χ1n) is 5.90. The van der Waals surface area contributed by atoms with Crippen LogP contribution in [0.4, 0.5) is 10.1 Å². The van der Waals surface area contributed by atoms with Gasteiger partial charge in [-0.2, -0.15) is 0 Å². The van der Waals surface area contributed by atoms with E-state index in [1.165, 1.54) is 23.9 Å². The van der Waals surface area contributed by atoms with E-state index in [2.05, 4.69) is 15.3 Å². The summed E-state index contributed by atoms with van der Waals surface area (Å²) in [5, 5.41) is 3.22. The van der Waals surface area contributed by atoms with Crippen LogP contribution in [0.15, 0.2) is 35.6 Å². The number of halogens is 1. The summed E-state index contributed by atoms with van der Waals surface area (Å²) in [5.41, 5.74) is 1.22. The van der Waals surface area contributed by atoms with E-state index in [4.69, 9.17) is 0 Å². The molecule has 2 rings (SSSR count). The Morgan fingerprint density at radius 1 is 1.47 bits per heavy atom. The molecule has 4 nitrogen and oxygen atoms in total. The Morgan fingerprint density at radius 2 is 2.26 bits per heavy atom. The van der Waals surface area contributed by atoms with Gasteiger partial charge in [-0.25, -0.2) is 9.37 Å². The number of aryl methyl sites for hydroxylation is 1. The van der Waals surface area contributed by atoms with Crippen molar-refractivity contribution in [1.82, 2.24) is 9.97 Å². The molecule has 0 aliphatic rings. The quantitative estimate of drug-likeness (QED) is 0.827. The number of carbonyl (C=O) groups is 1. The summed E-state index contributed by atoms with van der Waals surface area (Å²) < 4.78 is 13.3. The van der Waals surface area contributed by atoms with E-state index in [-0.39, 0.29) is 17.3 Å². The Kier molecular flexibility index (Phi) is 4.57. The molecule has 1 amide bonds. The van der Waals surface area contributed by atoms with Crippen LogP contribution in [0.2, 0.25) is 0 Å². The highest BCUT2D eigenvalue weighted by Gasteiger charge is 2.08. The Bertz CT molecular complexity index is 571. The first-order valence-corrected chi connectivity index (χ1v) is 6.88. The van der Waals surface area contributed by atoms with Gasteiger partial charge in [0.1, 0.15) is 5.82 Å². The van der Waals surface area contributed by atoms with E-state index in [9.17, 15) is 9.18 Å². The molecule has 0 spiro atoms. The maximum Gasteiger partial charge on any atom is 0.234 e. The third kappa shape index (κ3) is 3.82. The molecule has 1 aromatic carbocycles. The van der Waals surface area contributed by atoms with E-state index >= 15 is 0 Å². The predicted octanol–water partition coefficient (Wildman–Crippen LogP) is 2.84. The molecule has 0 aliphatic carbocycles. The highest BCUT2D eigenvalue weighted by atomic mass is 32.2. The number of aromatic amines is 1. The van der Waals surface area contributed by atoms with Crippen molar-refractivity contribution in [3.63, 3.8) is 0 Å². The topological polar surface area (TPSA) is 57.8 Å². The number of H-pyrrole nitrogens is 1. The molecule has 0 saturated carbocycles. The number of para-hydroxylation sites is 1. The van der Waals surface area contributed by atoms with Crippen LogP contribution in [0.5, 0.6) is 0 Å². The monoisotopic (exact) mass is 279 g/mol. The minimum Gasteiger partial charge on any atom is -0.337 e. The van der Waals surface area contributed by atoms with Gasteiger partial charge in [-0.3, -0.25) is 4.79 Å². The van der Waals surface area contributed by atoms with Crippen LogP contribution >= 0.6 is 11.8 Å². The lowest BCUT2D eigenvalue weighted by molar-refractivity contribution is -0.113. The van der Waals surface area contributed by atoms with Crippen molar-refractivity contribution >= 4 is 23.4 Å². The van der Waals surface area contributed by atoms with Gasteiger partial charge in [0.05, 0.1) is 11.4 Å². The van der Waals surface area contributed by atoms with Crippen molar-refractivity contribution in [2.75, 3.05) is 11.1 Å². The number of nitrogens with zero attached hydrogens (tertiary/aromatic N) is 1. The standard InChI is InChI=1S/C13H14FN3OS/c1-2-9-7-15-13(16-9)19-8-12(18)17-11-6-4-3-5-10(11)14/h3-7H,2,8H2,1H3,(H,15,16)(H,17,18). The van der Waals surface area contributed by atoms with Crippen molar-refractivity contribution in [2.24, 2.45) is 0 Å². The highest BCUT2D eigenvalue weighted by Crippen LogP contribution is 2.16. The summed E-state index contributed by atoms with van der Waals surface area (Å²) >= 11 is 1.29. The van der Waals surface area contributed by atoms with Crippen LogP contribution in [0.3, 0.4) is 0 Å². The number of aromatic nitrogens is 2. The molecule has 1 heterocycles. The Hall–Kier alpha value is -1.82. The zero-order valence-electron chi connectivity index (χ0n) is 10.4. The summed E-state index contributed by atoms with van der Waals surface area (Å²) in [6.45, 7) is 2.02. The molecule has 0 aliphatic heterocycles. The summed E-state index contributed by atoms with van der Waals surface area (Å²) in [7, 11) is 0. The second kappa shape index (κ2) is 6.38. The molecule has 19 heavy (non-hydrogen) atoms. The lowest BCUT2D eigenvalue weighted by Gasteiger charge is -2.04. The lowest BCUT2D eigenvalue weighted by Crippen LogP contribution is -2.15. The van der Waals surface area contributed by atoms with Crippen LogP contribution < -0.4 is 5.32 Å². The maximum atomic E-state index is 13.3. The van der Waals surface area contributed by atoms with Crippen molar-refractivity contribution in [1.29, 1.82) is 0 Å². The molecule has 0 radical (unpaired) electrons. The van der Waals surface area contributed by atoms with E-state index in [1.54, 1.807) is 18.3 Å². The van der Waals surface area contributed by atoms with Gasteiger partial charge in [-0.05, 0) is 18.6 Å². The molecule has 2 N–H and O–H groups in total. The number of hydrogen-bond acceptors (Lipinski definition) is 3. The fourth-order valence-corrected chi connectivity index (χ4v) is 2.14. The maximum absolute atomic E-state index is 13.3. The van der Waals surface area contributed by atoms with Crippen LogP contribution in [0, 0.1) is 5.82 Å². The van der Waals surface area contributed by atoms with Crippen LogP contribution in [-0.2, 0) is 11.2 Å². The molecule has 100 valence electrons. The first-order chi connectivity index (χ1) is 9.19. The summed E-state index contributed by atoms with van der Waals surface area (Å²) in [6.07, 6.45) is 2.62. The van der Waals surface area contributed by atoms with Crippen molar-refractivity contribution in [2.45, 2.75) is 18.5 Å². The molecular weight excluding hydrogens is 265 g/mol. The molecule has 0 atom stereocenters. The number of hydrogen-bond donors (Lipinski definition) is 2. The largest absolute Gasteiger partial charge is 0.337 e. The smallest absolute Gasteiger partial charge is 0.234 e. The van der Waals surface area contributed by atoms with E-state index < -0.39 is 5.82 Å². The molecule has 0 bridgehead atoms. The second-order valence-electron chi connectivity index (χ2n) is 3.88. The number of amides is 1. The first kappa shape index (κ1) is 13.6. The molecule has 0 fully saturated rings. The zero-order chi connectivity index (χ0) is 13.7. The van der Waals surface area contributed by atoms with Crippen molar-refractivity contribution in [3.05, 3.63) is 42.0 Å². The van der Waals surface area contributed by atoms with Gasteiger partial charge in [0.25, 0.3) is 0 Å². The second-order valence-corrected chi connectivity index (χ2v) is 4.85. The van der Waals surface area contributed by atoms with Gasteiger partial charge in [0.15, 0.2) is 5.16 Å². The van der Waals surface area contributed by atoms with Gasteiger partial charge in [-0.1, -0.05) is 30.8 Å². The average molecular weight is 279 g/mol. The lowest BCUT2D eigenvalue weighted by atomic mass is 10.3. The number of carbonyl (C=O) groups excluding carboxylic acids is 1. The van der Waals surface area contributed by atoms with Gasteiger partial charge >= 0.3 is 0 Å². The number of rotatable bonds is 5. The number of benzene rings is 1. The SMILES string of the molecule is CCc1cnc(SCC(=O)Nc2ccccc2F)[nH]1. The third-order valence-electron chi connectivity index (χ3n) is 2.47. The normalized spacial score (nSPS) is 10.4. The molecule has 6 heteroatoms. The molecular formula is C13H14FN3OS. The number of thioether (sulfide) groups is 1. The van der Waals surface area contributed by atoms with Crippen molar-refractivity contribution in [3.8, 4) is 0 Å². The third-order valence-corrected chi connectivity index (χ3v) is 3.36. The highest BCUT2D eigenvalue weighted by molar-refractivity contribution is 7.99. The molecule has 1 aromatic heterocycles. The van der Waals surface area contributed by atoms with Crippen LogP contribution in [-0.4, -0.2) is 21.6 Å². The van der Waals surface area contributed by atoms with Crippen molar-refractivity contribution < 1.29 is 9.18 Å². The Labute approximate surface area is 114 Å². The summed E-state index contributed by atoms with van der Waals surface area (Å²) in [6, 6.07) is 6.09. The van der Waals surface area contributed by atoms with Gasteiger partial charge in [0.2, 0.25) is 5.91 Å². The Morgan fingerprint density at radius 3 is 2.95 bits per heavy atom. The van der Waals surface area contributed by atoms with Crippen LogP contribution in [0.25, 0.3) is 0 Å². The fraction of sp³-hybridized carbons (Fsp3) is 0.231. The van der Waals surface area contributed by atoms with Gasteiger partial charge in [0, 0.05) is 11.9 Å². The van der Waals surface area contributed by atoms with E-state index in [0.29, 0.717) is 5.16 Å². The minimum atomic E-state index is -0.438. The van der Waals surface area contributed by atoms with Gasteiger partial charge < -0.3 is 10.3 Å². The minimum absolute atomic E-state index is 0.186.